The van der Waals surface area contributed by atoms with Crippen LogP contribution < -0.4 is 23.8 Å². The Morgan fingerprint density at radius 3 is 2.35 bits per heavy atom. The van der Waals surface area contributed by atoms with Gasteiger partial charge in [0.1, 0.15) is 16.4 Å². The zero-order chi connectivity index (χ0) is 29.5. The van der Waals surface area contributed by atoms with Crippen molar-refractivity contribution in [2.24, 2.45) is 0 Å². The number of carbonyl (C=O) groups excluding carboxylic acids is 1. The Kier molecular flexibility index (Phi) is 7.62. The minimum Gasteiger partial charge on any atom is -0.497 e. The number of fused-ring (bicyclic) bond motifs is 1. The van der Waals surface area contributed by atoms with E-state index in [0.717, 1.165) is 19.2 Å². The number of nitrogens with one attached hydrogen (secondary N) is 1. The van der Waals surface area contributed by atoms with E-state index >= 15 is 0 Å². The maximum atomic E-state index is 14.3. The van der Waals surface area contributed by atoms with Crippen molar-refractivity contribution >= 4 is 39.2 Å². The standard InChI is InChI=1S/C25H20ClF3N2O8S/c1-37-15-8-10-21(20(12-15)39-25(27,28)29)40(35,36)31-18-9-7-14(26)11-17(18)24(23(31)34,30-13-22(32)33)16-5-3-4-6-19(16)38-2/h3-12,30H,13H2,1-2H3,(H,32,33). The summed E-state index contributed by atoms with van der Waals surface area (Å²) >= 11 is 6.22. The van der Waals surface area contributed by atoms with Crippen LogP contribution in [0, 0.1) is 0 Å². The van der Waals surface area contributed by atoms with Gasteiger partial charge in [0, 0.05) is 22.2 Å². The van der Waals surface area contributed by atoms with E-state index in [1.54, 1.807) is 6.07 Å². The minimum atomic E-state index is -5.29. The number of benzene rings is 3. The molecule has 2 N–H and O–H groups in total. The number of ether oxygens (including phenoxy) is 3. The smallest absolute Gasteiger partial charge is 0.497 e. The van der Waals surface area contributed by atoms with Gasteiger partial charge < -0.3 is 19.3 Å². The number of methoxy groups -OCH3 is 2. The summed E-state index contributed by atoms with van der Waals surface area (Å²) in [7, 11) is -2.71. The van der Waals surface area contributed by atoms with Crippen molar-refractivity contribution in [1.29, 1.82) is 0 Å². The highest BCUT2D eigenvalue weighted by Crippen LogP contribution is 2.50. The van der Waals surface area contributed by atoms with Crippen LogP contribution >= 0.6 is 11.6 Å². The molecule has 0 radical (unpaired) electrons. The number of hydrogen-bond acceptors (Lipinski definition) is 8. The van der Waals surface area contributed by atoms with Gasteiger partial charge in [-0.1, -0.05) is 29.8 Å². The molecule has 4 rings (SSSR count). The number of nitrogens with zero attached hydrogens (tertiary/aromatic N) is 1. The Labute approximate surface area is 230 Å². The third-order valence-electron chi connectivity index (χ3n) is 6.00. The van der Waals surface area contributed by atoms with Gasteiger partial charge in [-0.2, -0.15) is 0 Å². The van der Waals surface area contributed by atoms with Crippen molar-refractivity contribution in [2.45, 2.75) is 16.8 Å². The van der Waals surface area contributed by atoms with Gasteiger partial charge in [0.25, 0.3) is 15.9 Å². The van der Waals surface area contributed by atoms with Gasteiger partial charge in [-0.25, -0.2) is 12.7 Å². The lowest BCUT2D eigenvalue weighted by Crippen LogP contribution is -2.54. The van der Waals surface area contributed by atoms with E-state index in [1.165, 1.54) is 43.5 Å². The van der Waals surface area contributed by atoms with Crippen molar-refractivity contribution in [3.63, 3.8) is 0 Å². The molecular formula is C25H20ClF3N2O8S. The Bertz CT molecular complexity index is 1600. The van der Waals surface area contributed by atoms with Crippen LogP contribution in [0.1, 0.15) is 11.1 Å². The van der Waals surface area contributed by atoms with Gasteiger partial charge >= 0.3 is 12.3 Å². The Hall–Kier alpha value is -4.01. The molecule has 3 aromatic carbocycles. The van der Waals surface area contributed by atoms with Gasteiger partial charge in [0.05, 0.1) is 26.5 Å². The van der Waals surface area contributed by atoms with Crippen LogP contribution in [-0.4, -0.2) is 52.5 Å². The summed E-state index contributed by atoms with van der Waals surface area (Å²) in [4.78, 5) is 24.9. The monoisotopic (exact) mass is 600 g/mol. The first-order valence-corrected chi connectivity index (χ1v) is 13.0. The quantitative estimate of drug-likeness (QED) is 0.375. The Morgan fingerprint density at radius 1 is 1.02 bits per heavy atom. The van der Waals surface area contributed by atoms with E-state index < -0.39 is 51.0 Å². The van der Waals surface area contributed by atoms with Gasteiger partial charge in [0.15, 0.2) is 11.3 Å². The first-order valence-electron chi connectivity index (χ1n) is 11.2. The molecule has 0 fully saturated rings. The number of carbonyl (C=O) groups is 2. The number of carboxylic acid groups (broad SMARTS) is 1. The molecule has 1 aliphatic heterocycles. The summed E-state index contributed by atoms with van der Waals surface area (Å²) < 4.78 is 82.4. The molecule has 0 aromatic heterocycles. The molecule has 1 atom stereocenters. The number of anilines is 1. The SMILES string of the molecule is COc1ccc(S(=O)(=O)N2C(=O)C(NCC(=O)O)(c3ccccc3OC)c3cc(Cl)ccc32)c(OC(F)(F)F)c1. The Morgan fingerprint density at radius 2 is 1.73 bits per heavy atom. The highest BCUT2D eigenvalue weighted by molar-refractivity contribution is 7.93. The fraction of sp³-hybridized carbons (Fsp3) is 0.200. The molecule has 1 aliphatic rings. The highest BCUT2D eigenvalue weighted by atomic mass is 35.5. The molecular weight excluding hydrogens is 581 g/mol. The second kappa shape index (κ2) is 10.5. The number of aliphatic carboxylic acids is 1. The molecule has 3 aromatic rings. The largest absolute Gasteiger partial charge is 0.573 e. The van der Waals surface area contributed by atoms with Gasteiger partial charge in [0.2, 0.25) is 0 Å². The molecule has 1 unspecified atom stereocenters. The zero-order valence-corrected chi connectivity index (χ0v) is 22.2. The highest BCUT2D eigenvalue weighted by Gasteiger charge is 2.57. The third kappa shape index (κ3) is 5.00. The van der Waals surface area contributed by atoms with Crippen LogP contribution in [0.3, 0.4) is 0 Å². The van der Waals surface area contributed by atoms with E-state index in [1.807, 2.05) is 0 Å². The fourth-order valence-corrected chi connectivity index (χ4v) is 6.16. The minimum absolute atomic E-state index is 0.0338. The first-order chi connectivity index (χ1) is 18.8. The number of halogens is 4. The summed E-state index contributed by atoms with van der Waals surface area (Å²) in [6.07, 6.45) is -5.29. The molecule has 0 aliphatic carbocycles. The van der Waals surface area contributed by atoms with Gasteiger partial charge in [-0.15, -0.1) is 13.2 Å². The molecule has 0 saturated carbocycles. The van der Waals surface area contributed by atoms with Gasteiger partial charge in [-0.05, 0) is 36.4 Å². The molecule has 40 heavy (non-hydrogen) atoms. The van der Waals surface area contributed by atoms with Gasteiger partial charge in [-0.3, -0.25) is 14.9 Å². The van der Waals surface area contributed by atoms with Crippen LogP contribution in [0.25, 0.3) is 0 Å². The second-order valence-corrected chi connectivity index (χ2v) is 10.5. The van der Waals surface area contributed by atoms with Crippen LogP contribution in [-0.2, 0) is 25.2 Å². The lowest BCUT2D eigenvalue weighted by atomic mass is 9.83. The normalized spacial score (nSPS) is 16.9. The second-order valence-electron chi connectivity index (χ2n) is 8.29. The summed E-state index contributed by atoms with van der Waals surface area (Å²) in [5.74, 6) is -3.84. The summed E-state index contributed by atoms with van der Waals surface area (Å²) in [6, 6.07) is 12.2. The number of hydrogen-bond donors (Lipinski definition) is 2. The van der Waals surface area contributed by atoms with Crippen LogP contribution in [0.4, 0.5) is 18.9 Å². The van der Waals surface area contributed by atoms with Crippen molar-refractivity contribution in [3.8, 4) is 17.2 Å². The number of rotatable bonds is 9. The van der Waals surface area contributed by atoms with Crippen molar-refractivity contribution < 1.29 is 50.5 Å². The van der Waals surface area contributed by atoms with E-state index in [0.29, 0.717) is 6.07 Å². The van der Waals surface area contributed by atoms with E-state index in [2.05, 4.69) is 10.1 Å². The molecule has 212 valence electrons. The van der Waals surface area contributed by atoms with Crippen molar-refractivity contribution in [2.75, 3.05) is 25.1 Å². The number of sulfonamides is 1. The van der Waals surface area contributed by atoms with Crippen LogP contribution in [0.5, 0.6) is 17.2 Å². The maximum Gasteiger partial charge on any atom is 0.573 e. The topological polar surface area (TPSA) is 131 Å². The lowest BCUT2D eigenvalue weighted by molar-refractivity contribution is -0.275. The van der Waals surface area contributed by atoms with Crippen molar-refractivity contribution in [1.82, 2.24) is 5.32 Å². The molecule has 0 saturated heterocycles. The average molecular weight is 601 g/mol. The van der Waals surface area contributed by atoms with Crippen LogP contribution in [0.2, 0.25) is 5.02 Å². The zero-order valence-electron chi connectivity index (χ0n) is 20.7. The fourth-order valence-electron chi connectivity index (χ4n) is 4.42. The summed E-state index contributed by atoms with van der Waals surface area (Å²) in [6.45, 7) is -0.825. The lowest BCUT2D eigenvalue weighted by Gasteiger charge is -2.31. The number of alkyl halides is 3. The average Bonchev–Trinajstić information content (AvgIpc) is 3.14. The Balaban J connectivity index is 2.03. The van der Waals surface area contributed by atoms with Crippen LogP contribution in [0.15, 0.2) is 65.6 Å². The third-order valence-corrected chi connectivity index (χ3v) is 7.97. The van der Waals surface area contributed by atoms with E-state index in [4.69, 9.17) is 21.1 Å². The van der Waals surface area contributed by atoms with E-state index in [9.17, 15) is 36.3 Å². The molecule has 10 nitrogen and oxygen atoms in total. The number of carboxylic acids is 1. The molecule has 1 heterocycles. The van der Waals surface area contributed by atoms with Crippen molar-refractivity contribution in [3.05, 3.63) is 76.8 Å². The predicted octanol–water partition coefficient (Wildman–Crippen LogP) is 3.91. The summed E-state index contributed by atoms with van der Waals surface area (Å²) in [5, 5.41) is 12.1. The molecule has 0 bridgehead atoms. The maximum absolute atomic E-state index is 14.3. The summed E-state index contributed by atoms with van der Waals surface area (Å²) in [5.41, 5.74) is -2.53. The predicted molar refractivity (Wildman–Crippen MR) is 135 cm³/mol. The number of para-hydroxylation sites is 1. The van der Waals surface area contributed by atoms with E-state index in [-0.39, 0.29) is 37.6 Å². The number of amides is 1. The molecule has 1 amide bonds. The molecule has 0 spiro atoms. The molecule has 15 heteroatoms. The first kappa shape index (κ1) is 29.0.